The Morgan fingerprint density at radius 1 is 1.50 bits per heavy atom. The van der Waals surface area contributed by atoms with Crippen LogP contribution < -0.4 is 0 Å². The summed E-state index contributed by atoms with van der Waals surface area (Å²) < 4.78 is 5.36. The lowest BCUT2D eigenvalue weighted by molar-refractivity contribution is -0.0530. The molecule has 0 aromatic heterocycles. The maximum Gasteiger partial charge on any atom is 0.115 e. The second-order valence-electron chi connectivity index (χ2n) is 3.19. The van der Waals surface area contributed by atoms with Gasteiger partial charge in [-0.2, -0.15) is 0 Å². The van der Waals surface area contributed by atoms with Crippen LogP contribution in [-0.4, -0.2) is 11.7 Å². The summed E-state index contributed by atoms with van der Waals surface area (Å²) in [4.78, 5) is 0. The summed E-state index contributed by atoms with van der Waals surface area (Å²) in [5.41, 5.74) is 2.32. The molecule has 0 aliphatic carbocycles. The second kappa shape index (κ2) is 2.79. The first-order valence-corrected chi connectivity index (χ1v) is 4.18. The van der Waals surface area contributed by atoms with Crippen LogP contribution in [0, 0.1) is 6.92 Å². The minimum atomic E-state index is 0.269. The van der Waals surface area contributed by atoms with E-state index in [2.05, 4.69) is 0 Å². The van der Waals surface area contributed by atoms with Crippen molar-refractivity contribution in [3.63, 3.8) is 0 Å². The van der Waals surface area contributed by atoms with E-state index in [0.717, 1.165) is 18.6 Å². The Morgan fingerprint density at radius 3 is 2.75 bits per heavy atom. The number of hydrogen-bond acceptors (Lipinski definition) is 2. The van der Waals surface area contributed by atoms with Gasteiger partial charge in [-0.05, 0) is 30.2 Å². The van der Waals surface area contributed by atoms with E-state index in [4.69, 9.17) is 9.84 Å². The van der Waals surface area contributed by atoms with Crippen molar-refractivity contribution in [2.45, 2.75) is 19.4 Å². The van der Waals surface area contributed by atoms with Crippen LogP contribution in [0.3, 0.4) is 0 Å². The Bertz CT molecular complexity index is 290. The monoisotopic (exact) mass is 164 g/mol. The average Bonchev–Trinajstić information content (AvgIpc) is 1.91. The van der Waals surface area contributed by atoms with Crippen molar-refractivity contribution in [2.75, 3.05) is 6.61 Å². The number of hydrogen-bond donors (Lipinski definition) is 1. The van der Waals surface area contributed by atoms with Gasteiger partial charge in [0, 0.05) is 6.42 Å². The largest absolute Gasteiger partial charge is 0.508 e. The van der Waals surface area contributed by atoms with Crippen LogP contribution in [0.5, 0.6) is 5.75 Å². The van der Waals surface area contributed by atoms with E-state index in [9.17, 15) is 0 Å². The number of rotatable bonds is 1. The molecule has 1 unspecified atom stereocenters. The molecule has 1 N–H and O–H groups in total. The van der Waals surface area contributed by atoms with Crippen molar-refractivity contribution in [1.82, 2.24) is 0 Å². The number of aromatic hydroxyl groups is 1. The summed E-state index contributed by atoms with van der Waals surface area (Å²) in [6.45, 7) is 2.86. The maximum absolute atomic E-state index is 9.17. The summed E-state index contributed by atoms with van der Waals surface area (Å²) in [5.74, 6) is 0.329. The molecule has 1 saturated heterocycles. The lowest BCUT2D eigenvalue weighted by Crippen LogP contribution is -2.18. The first-order valence-electron chi connectivity index (χ1n) is 4.18. The fourth-order valence-corrected chi connectivity index (χ4v) is 1.50. The molecule has 0 bridgehead atoms. The summed E-state index contributed by atoms with van der Waals surface area (Å²) in [6.07, 6.45) is 1.37. The van der Waals surface area contributed by atoms with Crippen LogP contribution in [0.25, 0.3) is 0 Å². The molecule has 2 rings (SSSR count). The molecule has 1 aromatic carbocycles. The Labute approximate surface area is 71.8 Å². The maximum atomic E-state index is 9.17. The first kappa shape index (κ1) is 7.62. The molecule has 1 aromatic rings. The van der Waals surface area contributed by atoms with E-state index in [1.807, 2.05) is 13.0 Å². The number of benzene rings is 1. The lowest BCUT2D eigenvalue weighted by Gasteiger charge is -2.28. The second-order valence-corrected chi connectivity index (χ2v) is 3.19. The van der Waals surface area contributed by atoms with E-state index in [1.165, 1.54) is 5.56 Å². The van der Waals surface area contributed by atoms with Gasteiger partial charge in [-0.15, -0.1) is 0 Å². The van der Waals surface area contributed by atoms with Crippen molar-refractivity contribution < 1.29 is 9.84 Å². The third-order valence-corrected chi connectivity index (χ3v) is 2.30. The normalized spacial score (nSPS) is 21.9. The van der Waals surface area contributed by atoms with Gasteiger partial charge in [-0.1, -0.05) is 6.07 Å². The van der Waals surface area contributed by atoms with Crippen LogP contribution in [0.1, 0.15) is 23.7 Å². The third kappa shape index (κ3) is 1.18. The van der Waals surface area contributed by atoms with Gasteiger partial charge in [0.1, 0.15) is 5.75 Å². The third-order valence-electron chi connectivity index (χ3n) is 2.30. The van der Waals surface area contributed by atoms with Gasteiger partial charge in [-0.25, -0.2) is 0 Å². The minimum Gasteiger partial charge on any atom is -0.508 e. The summed E-state index contributed by atoms with van der Waals surface area (Å²) >= 11 is 0. The topological polar surface area (TPSA) is 29.5 Å². The van der Waals surface area contributed by atoms with E-state index in [-0.39, 0.29) is 6.10 Å². The van der Waals surface area contributed by atoms with Gasteiger partial charge in [0.05, 0.1) is 12.7 Å². The molecule has 1 heterocycles. The first-order chi connectivity index (χ1) is 5.77. The molecule has 1 aliphatic rings. The molecule has 1 fully saturated rings. The SMILES string of the molecule is Cc1cc(O)ccc1C1CCO1. The zero-order valence-electron chi connectivity index (χ0n) is 7.08. The van der Waals surface area contributed by atoms with E-state index in [0.29, 0.717) is 5.75 Å². The molecule has 0 saturated carbocycles. The predicted octanol–water partition coefficient (Wildman–Crippen LogP) is 2.16. The highest BCUT2D eigenvalue weighted by molar-refractivity contribution is 5.35. The van der Waals surface area contributed by atoms with Crippen LogP contribution in [-0.2, 0) is 4.74 Å². The molecule has 2 nitrogen and oxygen atoms in total. The Hall–Kier alpha value is -1.02. The molecule has 2 heteroatoms. The molecule has 1 aliphatic heterocycles. The lowest BCUT2D eigenvalue weighted by atomic mass is 9.98. The predicted molar refractivity (Wildman–Crippen MR) is 46.2 cm³/mol. The summed E-state index contributed by atoms with van der Waals surface area (Å²) in [6, 6.07) is 5.43. The number of phenolic OH excluding ortho intramolecular Hbond substituents is 1. The van der Waals surface area contributed by atoms with Crippen LogP contribution in [0.15, 0.2) is 18.2 Å². The summed E-state index contributed by atoms with van der Waals surface area (Å²) in [5, 5.41) is 9.17. The molecule has 12 heavy (non-hydrogen) atoms. The standard InChI is InChI=1S/C10H12O2/c1-7-6-8(11)2-3-9(7)10-4-5-12-10/h2-3,6,10-11H,4-5H2,1H3. The highest BCUT2D eigenvalue weighted by Gasteiger charge is 2.21. The highest BCUT2D eigenvalue weighted by Crippen LogP contribution is 2.32. The van der Waals surface area contributed by atoms with Gasteiger partial charge in [0.2, 0.25) is 0 Å². The molecule has 0 amide bonds. The Morgan fingerprint density at radius 2 is 2.25 bits per heavy atom. The van der Waals surface area contributed by atoms with Crippen molar-refractivity contribution in [3.05, 3.63) is 29.3 Å². The molecule has 1 atom stereocenters. The fraction of sp³-hybridized carbons (Fsp3) is 0.400. The molecule has 64 valence electrons. The van der Waals surface area contributed by atoms with Gasteiger partial charge in [-0.3, -0.25) is 0 Å². The Balaban J connectivity index is 2.31. The molecule has 0 radical (unpaired) electrons. The smallest absolute Gasteiger partial charge is 0.115 e. The molecular weight excluding hydrogens is 152 g/mol. The van der Waals surface area contributed by atoms with Crippen LogP contribution >= 0.6 is 0 Å². The number of phenols is 1. The van der Waals surface area contributed by atoms with Crippen molar-refractivity contribution in [1.29, 1.82) is 0 Å². The Kier molecular flexibility index (Phi) is 1.77. The molecular formula is C10H12O2. The van der Waals surface area contributed by atoms with Gasteiger partial charge in [0.25, 0.3) is 0 Å². The average molecular weight is 164 g/mol. The minimum absolute atomic E-state index is 0.269. The van der Waals surface area contributed by atoms with Crippen LogP contribution in [0.4, 0.5) is 0 Å². The van der Waals surface area contributed by atoms with Gasteiger partial charge in [0.15, 0.2) is 0 Å². The van der Waals surface area contributed by atoms with Crippen molar-refractivity contribution in [2.24, 2.45) is 0 Å². The summed E-state index contributed by atoms with van der Waals surface area (Å²) in [7, 11) is 0. The van der Waals surface area contributed by atoms with E-state index in [1.54, 1.807) is 12.1 Å². The van der Waals surface area contributed by atoms with E-state index >= 15 is 0 Å². The van der Waals surface area contributed by atoms with E-state index < -0.39 is 0 Å². The number of aryl methyl sites for hydroxylation is 1. The number of ether oxygens (including phenoxy) is 1. The zero-order chi connectivity index (χ0) is 8.55. The zero-order valence-corrected chi connectivity index (χ0v) is 7.08. The van der Waals surface area contributed by atoms with Gasteiger partial charge < -0.3 is 9.84 Å². The van der Waals surface area contributed by atoms with Crippen molar-refractivity contribution in [3.8, 4) is 5.75 Å². The molecule has 0 spiro atoms. The fourth-order valence-electron chi connectivity index (χ4n) is 1.50. The van der Waals surface area contributed by atoms with Gasteiger partial charge >= 0.3 is 0 Å². The van der Waals surface area contributed by atoms with Crippen LogP contribution in [0.2, 0.25) is 0 Å². The quantitative estimate of drug-likeness (QED) is 0.689. The van der Waals surface area contributed by atoms with Crippen molar-refractivity contribution >= 4 is 0 Å². The highest BCUT2D eigenvalue weighted by atomic mass is 16.5.